The Bertz CT molecular complexity index is 312. The lowest BCUT2D eigenvalue weighted by Crippen LogP contribution is -2.12. The summed E-state index contributed by atoms with van der Waals surface area (Å²) >= 11 is 0. The largest absolute Gasteiger partial charge is 0.362 e. The van der Waals surface area contributed by atoms with E-state index in [4.69, 9.17) is 0 Å². The fourth-order valence-corrected chi connectivity index (χ4v) is 2.49. The average molecular weight is 192 g/mol. The van der Waals surface area contributed by atoms with Gasteiger partial charge in [0.25, 0.3) is 0 Å². The summed E-state index contributed by atoms with van der Waals surface area (Å²) in [6.45, 7) is 3.30. The molecule has 0 radical (unpaired) electrons. The first-order chi connectivity index (χ1) is 6.83. The molecule has 0 amide bonds. The minimum absolute atomic E-state index is 1.09. The maximum absolute atomic E-state index is 3.55. The SMILES string of the molecule is CNCCc1c(C)[nH]c2c1CCCC2. The lowest BCUT2D eigenvalue weighted by molar-refractivity contribution is 0.670. The molecule has 0 aliphatic heterocycles. The zero-order chi connectivity index (χ0) is 9.97. The maximum Gasteiger partial charge on any atom is 0.0184 e. The van der Waals surface area contributed by atoms with E-state index in [0.29, 0.717) is 0 Å². The van der Waals surface area contributed by atoms with Crippen molar-refractivity contribution < 1.29 is 0 Å². The third-order valence-electron chi connectivity index (χ3n) is 3.25. The fourth-order valence-electron chi connectivity index (χ4n) is 2.49. The van der Waals surface area contributed by atoms with Gasteiger partial charge in [-0.25, -0.2) is 0 Å². The second-order valence-corrected chi connectivity index (χ2v) is 4.25. The molecular weight excluding hydrogens is 172 g/mol. The third-order valence-corrected chi connectivity index (χ3v) is 3.25. The molecule has 2 rings (SSSR count). The Hall–Kier alpha value is -0.760. The highest BCUT2D eigenvalue weighted by molar-refractivity contribution is 5.38. The number of aromatic nitrogens is 1. The van der Waals surface area contributed by atoms with Gasteiger partial charge in [-0.15, -0.1) is 0 Å². The van der Waals surface area contributed by atoms with E-state index in [2.05, 4.69) is 17.2 Å². The minimum atomic E-state index is 1.09. The van der Waals surface area contributed by atoms with E-state index in [1.54, 1.807) is 11.1 Å². The van der Waals surface area contributed by atoms with Gasteiger partial charge in [-0.1, -0.05) is 0 Å². The predicted molar refractivity (Wildman–Crippen MR) is 59.8 cm³/mol. The summed E-state index contributed by atoms with van der Waals surface area (Å²) in [5.41, 5.74) is 6.12. The summed E-state index contributed by atoms with van der Waals surface area (Å²) in [5.74, 6) is 0. The number of rotatable bonds is 3. The van der Waals surface area contributed by atoms with Gasteiger partial charge in [0.15, 0.2) is 0 Å². The molecule has 2 N–H and O–H groups in total. The van der Waals surface area contributed by atoms with E-state index >= 15 is 0 Å². The fraction of sp³-hybridized carbons (Fsp3) is 0.667. The molecule has 1 heterocycles. The molecule has 0 spiro atoms. The number of H-pyrrole nitrogens is 1. The Kier molecular flexibility index (Phi) is 2.92. The zero-order valence-electron chi connectivity index (χ0n) is 9.24. The van der Waals surface area contributed by atoms with Crippen LogP contribution in [0.1, 0.15) is 35.4 Å². The van der Waals surface area contributed by atoms with Gasteiger partial charge in [0, 0.05) is 11.4 Å². The first kappa shape index (κ1) is 9.78. The number of likely N-dealkylation sites (N-methyl/N-ethyl adjacent to an activating group) is 1. The normalized spacial score (nSPS) is 15.6. The number of fused-ring (bicyclic) bond motifs is 1. The molecule has 0 atom stereocenters. The van der Waals surface area contributed by atoms with E-state index in [0.717, 1.165) is 6.54 Å². The third kappa shape index (κ3) is 1.71. The van der Waals surface area contributed by atoms with Crippen LogP contribution in [0.15, 0.2) is 0 Å². The van der Waals surface area contributed by atoms with Crippen molar-refractivity contribution in [3.05, 3.63) is 22.5 Å². The van der Waals surface area contributed by atoms with Crippen molar-refractivity contribution in [2.75, 3.05) is 13.6 Å². The van der Waals surface area contributed by atoms with Crippen molar-refractivity contribution in [2.45, 2.75) is 39.0 Å². The molecule has 14 heavy (non-hydrogen) atoms. The van der Waals surface area contributed by atoms with Crippen molar-refractivity contribution in [1.29, 1.82) is 0 Å². The minimum Gasteiger partial charge on any atom is -0.362 e. The Balaban J connectivity index is 2.24. The van der Waals surface area contributed by atoms with Gasteiger partial charge >= 0.3 is 0 Å². The molecule has 2 nitrogen and oxygen atoms in total. The van der Waals surface area contributed by atoms with Gasteiger partial charge < -0.3 is 10.3 Å². The molecule has 0 fully saturated rings. The van der Waals surface area contributed by atoms with Gasteiger partial charge in [0.2, 0.25) is 0 Å². The van der Waals surface area contributed by atoms with Gasteiger partial charge in [-0.2, -0.15) is 0 Å². The summed E-state index contributed by atoms with van der Waals surface area (Å²) in [7, 11) is 2.02. The lowest BCUT2D eigenvalue weighted by Gasteiger charge is -2.12. The maximum atomic E-state index is 3.55. The van der Waals surface area contributed by atoms with Crippen molar-refractivity contribution in [1.82, 2.24) is 10.3 Å². The molecule has 0 saturated heterocycles. The smallest absolute Gasteiger partial charge is 0.0184 e. The van der Waals surface area contributed by atoms with Crippen LogP contribution in [-0.2, 0) is 19.3 Å². The number of hydrogen-bond acceptors (Lipinski definition) is 1. The molecule has 2 heteroatoms. The number of aromatic amines is 1. The Morgan fingerprint density at radius 2 is 2.07 bits per heavy atom. The van der Waals surface area contributed by atoms with Crippen LogP contribution in [-0.4, -0.2) is 18.6 Å². The molecule has 0 saturated carbocycles. The van der Waals surface area contributed by atoms with E-state index in [-0.39, 0.29) is 0 Å². The molecule has 0 aromatic carbocycles. The summed E-state index contributed by atoms with van der Waals surface area (Å²) < 4.78 is 0. The molecule has 1 aromatic rings. The molecule has 1 aliphatic carbocycles. The van der Waals surface area contributed by atoms with E-state index < -0.39 is 0 Å². The molecule has 1 aromatic heterocycles. The molecule has 0 bridgehead atoms. The van der Waals surface area contributed by atoms with Gasteiger partial charge in [-0.05, 0) is 63.7 Å². The van der Waals surface area contributed by atoms with Crippen LogP contribution in [0.3, 0.4) is 0 Å². The van der Waals surface area contributed by atoms with Gasteiger partial charge in [0.05, 0.1) is 0 Å². The zero-order valence-corrected chi connectivity index (χ0v) is 9.24. The summed E-state index contributed by atoms with van der Waals surface area (Å²) in [6, 6.07) is 0. The van der Waals surface area contributed by atoms with Crippen LogP contribution in [0.5, 0.6) is 0 Å². The van der Waals surface area contributed by atoms with Crippen molar-refractivity contribution in [2.24, 2.45) is 0 Å². The second kappa shape index (κ2) is 4.18. The highest BCUT2D eigenvalue weighted by Crippen LogP contribution is 2.26. The standard InChI is InChI=1S/C12H20N2/c1-9-10(7-8-13-2)11-5-3-4-6-12(11)14-9/h13-14H,3-8H2,1-2H3. The van der Waals surface area contributed by atoms with Crippen molar-refractivity contribution in [3.63, 3.8) is 0 Å². The average Bonchev–Trinajstić information content (AvgIpc) is 2.51. The summed E-state index contributed by atoms with van der Waals surface area (Å²) in [4.78, 5) is 3.55. The Morgan fingerprint density at radius 3 is 2.86 bits per heavy atom. The molecule has 1 aliphatic rings. The van der Waals surface area contributed by atoms with E-state index in [9.17, 15) is 0 Å². The van der Waals surface area contributed by atoms with Crippen molar-refractivity contribution in [3.8, 4) is 0 Å². The van der Waals surface area contributed by atoms with Crippen LogP contribution >= 0.6 is 0 Å². The van der Waals surface area contributed by atoms with Crippen LogP contribution in [0, 0.1) is 6.92 Å². The van der Waals surface area contributed by atoms with Crippen LogP contribution in [0.4, 0.5) is 0 Å². The summed E-state index contributed by atoms with van der Waals surface area (Å²) in [6.07, 6.45) is 6.46. The molecule has 78 valence electrons. The van der Waals surface area contributed by atoms with E-state index in [1.807, 2.05) is 7.05 Å². The molecule has 0 unspecified atom stereocenters. The van der Waals surface area contributed by atoms with Crippen LogP contribution in [0.2, 0.25) is 0 Å². The summed E-state index contributed by atoms with van der Waals surface area (Å²) in [5, 5.41) is 3.23. The first-order valence-corrected chi connectivity index (χ1v) is 5.66. The monoisotopic (exact) mass is 192 g/mol. The van der Waals surface area contributed by atoms with Crippen LogP contribution in [0.25, 0.3) is 0 Å². The first-order valence-electron chi connectivity index (χ1n) is 5.66. The van der Waals surface area contributed by atoms with Gasteiger partial charge in [-0.3, -0.25) is 0 Å². The topological polar surface area (TPSA) is 27.8 Å². The molecular formula is C12H20N2. The predicted octanol–water partition coefficient (Wildman–Crippen LogP) is 1.96. The second-order valence-electron chi connectivity index (χ2n) is 4.25. The highest BCUT2D eigenvalue weighted by Gasteiger charge is 2.17. The Morgan fingerprint density at radius 1 is 1.29 bits per heavy atom. The number of nitrogens with one attached hydrogen (secondary N) is 2. The number of aryl methyl sites for hydroxylation is 2. The van der Waals surface area contributed by atoms with Gasteiger partial charge in [0.1, 0.15) is 0 Å². The number of hydrogen-bond donors (Lipinski definition) is 2. The van der Waals surface area contributed by atoms with Crippen molar-refractivity contribution >= 4 is 0 Å². The van der Waals surface area contributed by atoms with E-state index in [1.165, 1.54) is 43.5 Å². The Labute approximate surface area is 86.1 Å². The van der Waals surface area contributed by atoms with Crippen LogP contribution < -0.4 is 5.32 Å². The highest BCUT2D eigenvalue weighted by atomic mass is 14.8. The lowest BCUT2D eigenvalue weighted by atomic mass is 9.93. The quantitative estimate of drug-likeness (QED) is 0.753.